The van der Waals surface area contributed by atoms with Crippen molar-refractivity contribution in [3.05, 3.63) is 22.0 Å². The Labute approximate surface area is 132 Å². The van der Waals surface area contributed by atoms with Crippen molar-refractivity contribution in [2.75, 3.05) is 7.11 Å². The molecule has 2 rings (SSSR count). The first kappa shape index (κ1) is 17.2. The summed E-state index contributed by atoms with van der Waals surface area (Å²) in [6, 6.07) is -0.454. The molecule has 2 heterocycles. The topological polar surface area (TPSA) is 129 Å². The molecular formula is C13H20N4O6. The molecule has 0 radical (unpaired) electrons. The van der Waals surface area contributed by atoms with Gasteiger partial charge in [-0.2, -0.15) is 5.10 Å². The highest BCUT2D eigenvalue weighted by atomic mass is 16.6. The van der Waals surface area contributed by atoms with Crippen LogP contribution in [0.2, 0.25) is 0 Å². The summed E-state index contributed by atoms with van der Waals surface area (Å²) in [5, 5.41) is 26.5. The summed E-state index contributed by atoms with van der Waals surface area (Å²) in [5.74, 6) is 0. The normalized spacial score (nSPS) is 28.1. The smallest absolute Gasteiger partial charge is 0.404 e. The number of hydrogen-bond acceptors (Lipinski definition) is 6. The van der Waals surface area contributed by atoms with Crippen molar-refractivity contribution >= 4 is 11.8 Å². The van der Waals surface area contributed by atoms with Gasteiger partial charge in [-0.3, -0.25) is 14.8 Å². The van der Waals surface area contributed by atoms with Gasteiger partial charge in [0.05, 0.1) is 17.1 Å². The molecule has 23 heavy (non-hydrogen) atoms. The van der Waals surface area contributed by atoms with Crippen LogP contribution < -0.4 is 5.32 Å². The van der Waals surface area contributed by atoms with Crippen molar-refractivity contribution < 1.29 is 24.3 Å². The minimum absolute atomic E-state index is 0.108. The molecule has 0 unspecified atom stereocenters. The summed E-state index contributed by atoms with van der Waals surface area (Å²) in [7, 11) is 3.09. The van der Waals surface area contributed by atoms with E-state index >= 15 is 0 Å². The van der Waals surface area contributed by atoms with Crippen molar-refractivity contribution in [2.45, 2.75) is 44.1 Å². The van der Waals surface area contributed by atoms with Crippen molar-refractivity contribution in [1.82, 2.24) is 15.1 Å². The average Bonchev–Trinajstić information content (AvgIpc) is 2.77. The second-order valence-electron chi connectivity index (χ2n) is 5.46. The Hall–Kier alpha value is -2.20. The van der Waals surface area contributed by atoms with Gasteiger partial charge in [0, 0.05) is 14.2 Å². The molecule has 4 atom stereocenters. The van der Waals surface area contributed by atoms with Gasteiger partial charge in [-0.25, -0.2) is 4.79 Å². The van der Waals surface area contributed by atoms with Crippen LogP contribution in [0.5, 0.6) is 0 Å². The fourth-order valence-corrected chi connectivity index (χ4v) is 3.05. The third-order valence-corrected chi connectivity index (χ3v) is 4.03. The second-order valence-corrected chi connectivity index (χ2v) is 5.46. The van der Waals surface area contributed by atoms with Gasteiger partial charge in [0.25, 0.3) is 0 Å². The molecule has 1 aliphatic heterocycles. The number of nitro groups is 1. The van der Waals surface area contributed by atoms with Gasteiger partial charge in [0.15, 0.2) is 0 Å². The van der Waals surface area contributed by atoms with Gasteiger partial charge in [-0.05, 0) is 19.8 Å². The zero-order valence-electron chi connectivity index (χ0n) is 13.1. The van der Waals surface area contributed by atoms with E-state index < -0.39 is 35.4 Å². The molecule has 0 aromatic carbocycles. The summed E-state index contributed by atoms with van der Waals surface area (Å²) in [6.45, 7) is 1.76. The number of aromatic nitrogens is 2. The van der Waals surface area contributed by atoms with Crippen LogP contribution in [0, 0.1) is 10.1 Å². The third kappa shape index (κ3) is 3.59. The molecular weight excluding hydrogens is 308 g/mol. The third-order valence-electron chi connectivity index (χ3n) is 4.03. The van der Waals surface area contributed by atoms with Crippen LogP contribution in [0.4, 0.5) is 10.5 Å². The standard InChI is InChI=1S/C13H20N4O6/c1-7-12(22-3)8(15-13(18)19)4-5-10(23-7)11-9(17(20)21)6-14-16(11)2/h6-8,10,12,15H,4-5H2,1-3H3,(H,18,19)/t7-,8-,10+,12-/m1/s1. The van der Waals surface area contributed by atoms with Crippen LogP contribution in [0.3, 0.4) is 0 Å². The predicted octanol–water partition coefficient (Wildman–Crippen LogP) is 1.22. The Bertz CT molecular complexity index is 589. The van der Waals surface area contributed by atoms with Gasteiger partial charge >= 0.3 is 11.8 Å². The van der Waals surface area contributed by atoms with E-state index in [1.807, 2.05) is 0 Å². The Balaban J connectivity index is 2.29. The van der Waals surface area contributed by atoms with Crippen molar-refractivity contribution in [3.8, 4) is 0 Å². The Morgan fingerprint density at radius 2 is 2.30 bits per heavy atom. The first-order valence-corrected chi connectivity index (χ1v) is 7.19. The number of nitrogens with one attached hydrogen (secondary N) is 1. The predicted molar refractivity (Wildman–Crippen MR) is 78.1 cm³/mol. The number of carbonyl (C=O) groups is 1. The lowest BCUT2D eigenvalue weighted by Crippen LogP contribution is -2.47. The fourth-order valence-electron chi connectivity index (χ4n) is 3.05. The monoisotopic (exact) mass is 328 g/mol. The minimum Gasteiger partial charge on any atom is -0.465 e. The number of nitrogens with zero attached hydrogens (tertiary/aromatic N) is 3. The van der Waals surface area contributed by atoms with Gasteiger partial charge in [-0.15, -0.1) is 0 Å². The van der Waals surface area contributed by atoms with E-state index in [1.54, 1.807) is 14.0 Å². The van der Waals surface area contributed by atoms with Gasteiger partial charge in [0.1, 0.15) is 24.1 Å². The molecule has 2 N–H and O–H groups in total. The van der Waals surface area contributed by atoms with E-state index in [0.29, 0.717) is 18.5 Å². The summed E-state index contributed by atoms with van der Waals surface area (Å²) in [6.07, 6.45) is -0.597. The number of methoxy groups -OCH3 is 1. The first-order chi connectivity index (χ1) is 10.8. The fraction of sp³-hybridized carbons (Fsp3) is 0.692. The lowest BCUT2D eigenvalue weighted by atomic mass is 10.0. The second kappa shape index (κ2) is 6.92. The molecule has 0 saturated carbocycles. The van der Waals surface area contributed by atoms with E-state index in [9.17, 15) is 14.9 Å². The van der Waals surface area contributed by atoms with Crippen molar-refractivity contribution in [1.29, 1.82) is 0 Å². The maximum atomic E-state index is 11.2. The highest BCUT2D eigenvalue weighted by Gasteiger charge is 2.38. The van der Waals surface area contributed by atoms with Crippen LogP contribution >= 0.6 is 0 Å². The molecule has 1 aliphatic rings. The van der Waals surface area contributed by atoms with Gasteiger partial charge < -0.3 is 19.9 Å². The maximum Gasteiger partial charge on any atom is 0.404 e. The summed E-state index contributed by atoms with van der Waals surface area (Å²) >= 11 is 0. The first-order valence-electron chi connectivity index (χ1n) is 7.19. The molecule has 1 saturated heterocycles. The molecule has 1 aromatic rings. The highest BCUT2D eigenvalue weighted by molar-refractivity contribution is 5.65. The quantitative estimate of drug-likeness (QED) is 0.628. The number of carboxylic acid groups (broad SMARTS) is 1. The number of aryl methyl sites for hydroxylation is 1. The highest BCUT2D eigenvalue weighted by Crippen LogP contribution is 2.35. The Kier molecular flexibility index (Phi) is 5.16. The number of amides is 1. The van der Waals surface area contributed by atoms with Crippen LogP contribution in [-0.4, -0.2) is 51.3 Å². The zero-order valence-corrected chi connectivity index (χ0v) is 13.1. The van der Waals surface area contributed by atoms with E-state index in [1.165, 1.54) is 18.0 Å². The van der Waals surface area contributed by atoms with E-state index in [2.05, 4.69) is 10.4 Å². The number of ether oxygens (including phenoxy) is 2. The average molecular weight is 328 g/mol. The zero-order chi connectivity index (χ0) is 17.1. The molecule has 1 amide bonds. The summed E-state index contributed by atoms with van der Waals surface area (Å²) in [5.41, 5.74) is 0.260. The van der Waals surface area contributed by atoms with Gasteiger partial charge in [-0.1, -0.05) is 0 Å². The molecule has 10 heteroatoms. The summed E-state index contributed by atoms with van der Waals surface area (Å²) < 4.78 is 12.7. The molecule has 1 aromatic heterocycles. The van der Waals surface area contributed by atoms with E-state index in [-0.39, 0.29) is 5.69 Å². The minimum atomic E-state index is -1.14. The van der Waals surface area contributed by atoms with Crippen molar-refractivity contribution in [2.24, 2.45) is 7.05 Å². The van der Waals surface area contributed by atoms with E-state index in [4.69, 9.17) is 14.6 Å². The summed E-state index contributed by atoms with van der Waals surface area (Å²) in [4.78, 5) is 21.6. The van der Waals surface area contributed by atoms with Crippen LogP contribution in [0.1, 0.15) is 31.6 Å². The van der Waals surface area contributed by atoms with Gasteiger partial charge in [0.2, 0.25) is 0 Å². The lowest BCUT2D eigenvalue weighted by Gasteiger charge is -2.27. The number of hydrogen-bond donors (Lipinski definition) is 2. The Morgan fingerprint density at radius 3 is 2.87 bits per heavy atom. The SMILES string of the molecule is CO[C@H]1[C@H](NC(=O)O)CC[C@@H](c2c([N+](=O)[O-])cnn2C)O[C@@H]1C. The van der Waals surface area contributed by atoms with Crippen LogP contribution in [0.25, 0.3) is 0 Å². The molecule has 0 spiro atoms. The molecule has 128 valence electrons. The van der Waals surface area contributed by atoms with Crippen molar-refractivity contribution in [3.63, 3.8) is 0 Å². The molecule has 0 aliphatic carbocycles. The molecule has 1 fully saturated rings. The lowest BCUT2D eigenvalue weighted by molar-refractivity contribution is -0.386. The number of rotatable bonds is 4. The molecule has 0 bridgehead atoms. The molecule has 10 nitrogen and oxygen atoms in total. The maximum absolute atomic E-state index is 11.2. The van der Waals surface area contributed by atoms with E-state index in [0.717, 1.165) is 0 Å². The largest absolute Gasteiger partial charge is 0.465 e. The Morgan fingerprint density at radius 1 is 1.61 bits per heavy atom. The van der Waals surface area contributed by atoms with Crippen LogP contribution in [-0.2, 0) is 16.5 Å². The van der Waals surface area contributed by atoms with Crippen LogP contribution in [0.15, 0.2) is 6.20 Å².